The lowest BCUT2D eigenvalue weighted by Gasteiger charge is -2.40. The molecule has 0 bridgehead atoms. The van der Waals surface area contributed by atoms with Crippen molar-refractivity contribution in [1.29, 1.82) is 0 Å². The van der Waals surface area contributed by atoms with Crippen LogP contribution in [0.2, 0.25) is 0 Å². The van der Waals surface area contributed by atoms with Gasteiger partial charge >= 0.3 is 0 Å². The van der Waals surface area contributed by atoms with Crippen LogP contribution >= 0.6 is 0 Å². The third-order valence-corrected chi connectivity index (χ3v) is 7.45. The van der Waals surface area contributed by atoms with E-state index in [1.807, 2.05) is 0 Å². The van der Waals surface area contributed by atoms with Crippen molar-refractivity contribution in [3.63, 3.8) is 0 Å². The van der Waals surface area contributed by atoms with Crippen molar-refractivity contribution in [2.45, 2.75) is 90.4 Å². The molecule has 0 heterocycles. The van der Waals surface area contributed by atoms with Gasteiger partial charge in [0.25, 0.3) is 0 Å². The Labute approximate surface area is 148 Å². The number of rotatable bonds is 5. The van der Waals surface area contributed by atoms with Gasteiger partial charge in [0.15, 0.2) is 0 Å². The summed E-state index contributed by atoms with van der Waals surface area (Å²) in [5.74, 6) is 0.617. The maximum atomic E-state index is 10.1. The van der Waals surface area contributed by atoms with Crippen molar-refractivity contribution < 1.29 is 5.11 Å². The predicted octanol–water partition coefficient (Wildman–Crippen LogP) is 6.20. The highest BCUT2D eigenvalue weighted by Crippen LogP contribution is 2.65. The molecule has 1 aromatic rings. The number of benzene rings is 1. The Kier molecular flexibility index (Phi) is 4.86. The predicted molar refractivity (Wildman–Crippen MR) is 102 cm³/mol. The fourth-order valence-electron chi connectivity index (χ4n) is 5.65. The first-order valence-electron chi connectivity index (χ1n) is 10.0. The second-order valence-electron chi connectivity index (χ2n) is 9.74. The Bertz CT molecular complexity index is 538. The Hall–Kier alpha value is -0.820. The molecule has 1 nitrogen and oxygen atoms in total. The Balaban J connectivity index is 1.66. The van der Waals surface area contributed by atoms with E-state index in [9.17, 15) is 5.11 Å². The van der Waals surface area contributed by atoms with E-state index in [2.05, 4.69) is 52.0 Å². The smallest absolute Gasteiger partial charge is 0.0492 e. The molecule has 0 aromatic heterocycles. The summed E-state index contributed by atoms with van der Waals surface area (Å²) in [6.07, 6.45) is 10.4. The summed E-state index contributed by atoms with van der Waals surface area (Å²) in [6, 6.07) is 9.30. The van der Waals surface area contributed by atoms with Crippen LogP contribution in [0.5, 0.6) is 0 Å². The van der Waals surface area contributed by atoms with Crippen molar-refractivity contribution in [1.82, 2.24) is 0 Å². The van der Waals surface area contributed by atoms with Crippen LogP contribution in [0.15, 0.2) is 24.3 Å². The van der Waals surface area contributed by atoms with Gasteiger partial charge in [0.05, 0.1) is 0 Å². The molecule has 2 saturated carbocycles. The number of hydrogen-bond donors (Lipinski definition) is 1. The molecule has 2 aliphatic carbocycles. The molecule has 3 rings (SSSR count). The Morgan fingerprint density at radius 2 is 1.50 bits per heavy atom. The largest absolute Gasteiger partial charge is 0.396 e. The van der Waals surface area contributed by atoms with Crippen molar-refractivity contribution in [2.24, 2.45) is 10.8 Å². The number of aliphatic hydroxyl groups is 1. The molecule has 2 fully saturated rings. The first kappa shape index (κ1) is 18.0. The average molecular weight is 329 g/mol. The third-order valence-electron chi connectivity index (χ3n) is 7.45. The molecular weight excluding hydrogens is 292 g/mol. The van der Waals surface area contributed by atoms with Gasteiger partial charge in [-0.25, -0.2) is 0 Å². The van der Waals surface area contributed by atoms with Crippen molar-refractivity contribution in [3.05, 3.63) is 35.4 Å². The molecule has 0 spiro atoms. The number of fused-ring (bicyclic) bond motifs is 1. The van der Waals surface area contributed by atoms with Crippen molar-refractivity contribution in [3.8, 4) is 0 Å². The zero-order chi connectivity index (χ0) is 17.4. The van der Waals surface area contributed by atoms with Crippen molar-refractivity contribution in [2.75, 3.05) is 6.61 Å². The molecule has 0 radical (unpaired) electrons. The van der Waals surface area contributed by atoms with Crippen LogP contribution in [0.1, 0.15) is 96.1 Å². The van der Waals surface area contributed by atoms with Crippen LogP contribution in [0.25, 0.3) is 0 Å². The molecule has 1 unspecified atom stereocenters. The fourth-order valence-corrected chi connectivity index (χ4v) is 5.65. The number of hydrogen-bond acceptors (Lipinski definition) is 1. The van der Waals surface area contributed by atoms with E-state index in [4.69, 9.17) is 0 Å². The molecule has 1 heteroatoms. The third kappa shape index (κ3) is 3.05. The summed E-state index contributed by atoms with van der Waals surface area (Å²) in [7, 11) is 0. The maximum absolute atomic E-state index is 10.1. The van der Waals surface area contributed by atoms with E-state index in [0.717, 1.165) is 0 Å². The van der Waals surface area contributed by atoms with E-state index in [-0.39, 0.29) is 10.8 Å². The van der Waals surface area contributed by atoms with Gasteiger partial charge in [-0.1, -0.05) is 64.8 Å². The molecule has 0 amide bonds. The lowest BCUT2D eigenvalue weighted by atomic mass is 9.65. The summed E-state index contributed by atoms with van der Waals surface area (Å²) < 4.78 is 0. The molecule has 2 aliphatic rings. The van der Waals surface area contributed by atoms with E-state index in [1.54, 1.807) is 0 Å². The van der Waals surface area contributed by atoms with Crippen molar-refractivity contribution >= 4 is 0 Å². The first-order chi connectivity index (χ1) is 11.3. The van der Waals surface area contributed by atoms with Crippen LogP contribution in [-0.4, -0.2) is 11.7 Å². The summed E-state index contributed by atoms with van der Waals surface area (Å²) >= 11 is 0. The molecule has 0 aliphatic heterocycles. The van der Waals surface area contributed by atoms with E-state index in [1.165, 1.54) is 62.5 Å². The van der Waals surface area contributed by atoms with Gasteiger partial charge in [-0.3, -0.25) is 0 Å². The number of aliphatic hydroxyl groups excluding tert-OH is 1. The Morgan fingerprint density at radius 1 is 0.958 bits per heavy atom. The summed E-state index contributed by atoms with van der Waals surface area (Å²) in [4.78, 5) is 0. The van der Waals surface area contributed by atoms with Gasteiger partial charge in [-0.2, -0.15) is 0 Å². The highest BCUT2D eigenvalue weighted by molar-refractivity contribution is 5.29. The molecule has 0 saturated heterocycles. The molecule has 24 heavy (non-hydrogen) atoms. The summed E-state index contributed by atoms with van der Waals surface area (Å²) in [6.45, 7) is 9.63. The molecule has 134 valence electrons. The minimum Gasteiger partial charge on any atom is -0.396 e. The monoisotopic (exact) mass is 328 g/mol. The van der Waals surface area contributed by atoms with Gasteiger partial charge in [0.2, 0.25) is 0 Å². The van der Waals surface area contributed by atoms with Gasteiger partial charge in [-0.05, 0) is 71.8 Å². The maximum Gasteiger partial charge on any atom is 0.0492 e. The minimum atomic E-state index is 0.231. The summed E-state index contributed by atoms with van der Waals surface area (Å²) in [5.41, 5.74) is 3.84. The zero-order valence-electron chi connectivity index (χ0n) is 16.2. The highest BCUT2D eigenvalue weighted by Gasteiger charge is 2.56. The second kappa shape index (κ2) is 6.48. The van der Waals surface area contributed by atoms with Gasteiger partial charge in [0, 0.05) is 6.61 Å². The standard InChI is InChI=1S/C23H36O/c1-18(19-7-9-20(10-8-19)21(2,3)4)11-16-22-12-5-14-23(22,17-24)15-6-13-22/h7-10,18,24H,5-6,11-17H2,1-4H3. The lowest BCUT2D eigenvalue weighted by Crippen LogP contribution is -2.35. The van der Waals surface area contributed by atoms with Crippen LogP contribution in [-0.2, 0) is 5.41 Å². The second-order valence-corrected chi connectivity index (χ2v) is 9.74. The molecule has 1 atom stereocenters. The Morgan fingerprint density at radius 3 is 2.00 bits per heavy atom. The molecule has 1 N–H and O–H groups in total. The quantitative estimate of drug-likeness (QED) is 0.682. The normalized spacial score (nSPS) is 31.2. The van der Waals surface area contributed by atoms with Crippen LogP contribution in [0.4, 0.5) is 0 Å². The van der Waals surface area contributed by atoms with Crippen LogP contribution < -0.4 is 0 Å². The van der Waals surface area contributed by atoms with Gasteiger partial charge in [0.1, 0.15) is 0 Å². The SMILES string of the molecule is CC(CCC12CCCC1(CO)CCC2)c1ccc(C(C)(C)C)cc1. The first-order valence-corrected chi connectivity index (χ1v) is 10.0. The molecular formula is C23H36O. The zero-order valence-corrected chi connectivity index (χ0v) is 16.2. The van der Waals surface area contributed by atoms with E-state index in [0.29, 0.717) is 17.9 Å². The fraction of sp³-hybridized carbons (Fsp3) is 0.739. The van der Waals surface area contributed by atoms with E-state index < -0.39 is 0 Å². The highest BCUT2D eigenvalue weighted by atomic mass is 16.3. The summed E-state index contributed by atoms with van der Waals surface area (Å²) in [5, 5.41) is 10.1. The van der Waals surface area contributed by atoms with Crippen LogP contribution in [0.3, 0.4) is 0 Å². The lowest BCUT2D eigenvalue weighted by molar-refractivity contribution is 0.0275. The van der Waals surface area contributed by atoms with Gasteiger partial charge in [-0.15, -0.1) is 0 Å². The topological polar surface area (TPSA) is 20.2 Å². The molecule has 1 aromatic carbocycles. The van der Waals surface area contributed by atoms with Gasteiger partial charge < -0.3 is 5.11 Å². The minimum absolute atomic E-state index is 0.231. The average Bonchev–Trinajstić information content (AvgIpc) is 3.07. The van der Waals surface area contributed by atoms with E-state index >= 15 is 0 Å². The van der Waals surface area contributed by atoms with Crippen LogP contribution in [0, 0.1) is 10.8 Å².